The number of rotatable bonds is 38. The van der Waals surface area contributed by atoms with Crippen LogP contribution in [0.25, 0.3) is 0 Å². The Hall–Kier alpha value is -2.04. The Kier molecular flexibility index (Phi) is 33.8. The van der Waals surface area contributed by atoms with Gasteiger partial charge in [-0.15, -0.1) is 0 Å². The summed E-state index contributed by atoms with van der Waals surface area (Å²) in [5.74, 6) is -1.24. The van der Waals surface area contributed by atoms with Crippen LogP contribution in [0.1, 0.15) is 168 Å². The van der Waals surface area contributed by atoms with Crippen LogP contribution in [0.15, 0.2) is 48.6 Å². The van der Waals surface area contributed by atoms with Crippen molar-refractivity contribution in [1.82, 2.24) is 0 Å². The molecule has 0 heterocycles. The molecular weight excluding hydrogens is 858 g/mol. The van der Waals surface area contributed by atoms with Crippen molar-refractivity contribution in [2.75, 3.05) is 13.2 Å². The van der Waals surface area contributed by atoms with Crippen LogP contribution < -0.4 is 0 Å². The van der Waals surface area contributed by atoms with E-state index in [1.54, 1.807) is 0 Å². The first-order valence-electron chi connectivity index (χ1n) is 23.2. The molecule has 0 saturated heterocycles. The Bertz CT molecular complexity index is 1420. The molecule has 0 bridgehead atoms. The summed E-state index contributed by atoms with van der Waals surface area (Å²) in [6.45, 7) is 3.02. The molecule has 0 spiro atoms. The van der Waals surface area contributed by atoms with E-state index in [1.165, 1.54) is 38.5 Å². The van der Waals surface area contributed by atoms with Crippen LogP contribution in [0.2, 0.25) is 0 Å². The van der Waals surface area contributed by atoms with Crippen molar-refractivity contribution in [2.24, 2.45) is 0 Å². The second-order valence-corrected chi connectivity index (χ2v) is 18.7. The molecule has 1 fully saturated rings. The largest absolute Gasteiger partial charge is 0.472 e. The van der Waals surface area contributed by atoms with Crippen molar-refractivity contribution in [3.05, 3.63) is 48.6 Å². The normalized spacial score (nSPS) is 22.4. The predicted octanol–water partition coefficient (Wildman–Crippen LogP) is 8.51. The molecule has 18 heteroatoms. The first-order chi connectivity index (χ1) is 30.1. The van der Waals surface area contributed by atoms with Crippen LogP contribution in [-0.2, 0) is 41.8 Å². The van der Waals surface area contributed by atoms with E-state index in [4.69, 9.17) is 28.3 Å². The molecule has 63 heavy (non-hydrogen) atoms. The van der Waals surface area contributed by atoms with Crippen molar-refractivity contribution in [1.29, 1.82) is 0 Å². The van der Waals surface area contributed by atoms with Gasteiger partial charge in [-0.05, 0) is 77.0 Å². The van der Waals surface area contributed by atoms with Gasteiger partial charge in [0.25, 0.3) is 0 Å². The van der Waals surface area contributed by atoms with Gasteiger partial charge in [-0.25, -0.2) is 9.13 Å². The number of phosphoric ester groups is 2. The molecule has 8 atom stereocenters. The maximum atomic E-state index is 13.0. The van der Waals surface area contributed by atoms with Crippen molar-refractivity contribution in [2.45, 2.75) is 211 Å². The van der Waals surface area contributed by atoms with Gasteiger partial charge in [0.2, 0.25) is 0 Å². The number of phosphoric acid groups is 2. The third-order valence-corrected chi connectivity index (χ3v) is 11.9. The summed E-state index contributed by atoms with van der Waals surface area (Å²) in [6.07, 6.45) is 25.0. The number of hydrogen-bond donors (Lipinski definition) is 7. The van der Waals surface area contributed by atoms with Crippen molar-refractivity contribution in [3.63, 3.8) is 0 Å². The first-order valence-corrected chi connectivity index (χ1v) is 26.2. The summed E-state index contributed by atoms with van der Waals surface area (Å²) < 4.78 is 49.3. The summed E-state index contributed by atoms with van der Waals surface area (Å²) in [5, 5.41) is 41.2. The smallest absolute Gasteiger partial charge is 0.462 e. The highest BCUT2D eigenvalue weighted by Gasteiger charge is 2.54. The van der Waals surface area contributed by atoms with Gasteiger partial charge < -0.3 is 44.6 Å². The van der Waals surface area contributed by atoms with E-state index in [0.717, 1.165) is 89.9 Å². The molecule has 0 aromatic rings. The number of esters is 2. The summed E-state index contributed by atoms with van der Waals surface area (Å²) in [5.41, 5.74) is 0. The van der Waals surface area contributed by atoms with Gasteiger partial charge in [0.15, 0.2) is 6.10 Å². The lowest BCUT2D eigenvalue weighted by Crippen LogP contribution is -2.64. The predicted molar refractivity (Wildman–Crippen MR) is 241 cm³/mol. The standard InChI is InChI=1S/C45H80O16P2/c1-3-5-7-9-11-13-15-17-19-21-23-25-27-29-31-33-38(46)57-35-37(59-39(47)34-32-30-28-26-24-22-20-18-16-14-12-10-8-6-4-2)36-58-63(55,56)61-45-42(50)40(48)41(49)44(43(45)51)60-62(52,53)54/h11-14,17-20,37,40-45,48-51H,3-10,15-16,21-36H2,1-2H3,(H,55,56)(H2,52,53,54)/b13-11-,14-12-,19-17-,20-18-/t37-,40?,41-,42-,43?,44+,45-/m1/s1. The highest BCUT2D eigenvalue weighted by atomic mass is 31.2. The minimum atomic E-state index is -5.37. The maximum absolute atomic E-state index is 13.0. The fourth-order valence-electron chi connectivity index (χ4n) is 6.73. The van der Waals surface area contributed by atoms with Gasteiger partial charge in [-0.3, -0.25) is 23.2 Å². The van der Waals surface area contributed by atoms with Crippen LogP contribution in [0.4, 0.5) is 0 Å². The molecule has 0 aromatic heterocycles. The van der Waals surface area contributed by atoms with Crippen LogP contribution >= 0.6 is 15.6 Å². The molecule has 3 unspecified atom stereocenters. The van der Waals surface area contributed by atoms with Crippen LogP contribution in [-0.4, -0.2) is 103 Å². The Morgan fingerprint density at radius 3 is 1.38 bits per heavy atom. The maximum Gasteiger partial charge on any atom is 0.472 e. The monoisotopic (exact) mass is 938 g/mol. The number of unbranched alkanes of at least 4 members (excludes halogenated alkanes) is 16. The van der Waals surface area contributed by atoms with E-state index in [-0.39, 0.29) is 12.8 Å². The lowest BCUT2D eigenvalue weighted by molar-refractivity contribution is -0.216. The van der Waals surface area contributed by atoms with Crippen LogP contribution in [0, 0.1) is 0 Å². The van der Waals surface area contributed by atoms with E-state index >= 15 is 0 Å². The fourth-order valence-corrected chi connectivity index (χ4v) is 8.27. The number of carbonyl (C=O) groups excluding carboxylic acids is 2. The average molecular weight is 939 g/mol. The van der Waals surface area contributed by atoms with Crippen molar-refractivity contribution >= 4 is 27.6 Å². The first kappa shape index (κ1) is 59.0. The molecular formula is C45H80O16P2. The zero-order valence-corrected chi connectivity index (χ0v) is 39.5. The second kappa shape index (κ2) is 36.1. The SMILES string of the molecule is CCCCC/C=C\C/C=C\CCCCCCCC(=O)OC[C@H](COP(=O)(O)O[C@H]1C(O)[C@@H](OP(=O)(O)O)[C@H](O)C(O)[C@H]1O)OC(=O)CCCCCCC/C=C\C/C=C\CCCCC. The summed E-state index contributed by atoms with van der Waals surface area (Å²) >= 11 is 0. The van der Waals surface area contributed by atoms with E-state index < -0.39 is 83.5 Å². The Morgan fingerprint density at radius 1 is 0.508 bits per heavy atom. The molecule has 0 radical (unpaired) electrons. The van der Waals surface area contributed by atoms with Crippen molar-refractivity contribution in [3.8, 4) is 0 Å². The molecule has 0 aromatic carbocycles. The molecule has 16 nitrogen and oxygen atoms in total. The number of ether oxygens (including phenoxy) is 2. The van der Waals surface area contributed by atoms with Gasteiger partial charge >= 0.3 is 27.6 Å². The molecule has 0 amide bonds. The summed E-state index contributed by atoms with van der Waals surface area (Å²) in [4.78, 5) is 54.2. The highest BCUT2D eigenvalue weighted by Crippen LogP contribution is 2.49. The number of carbonyl (C=O) groups is 2. The van der Waals surface area contributed by atoms with Gasteiger partial charge in [0.05, 0.1) is 6.61 Å². The molecule has 7 N–H and O–H groups in total. The number of allylic oxidation sites excluding steroid dienone is 8. The average Bonchev–Trinajstić information content (AvgIpc) is 3.23. The van der Waals surface area contributed by atoms with Gasteiger partial charge in [0.1, 0.15) is 43.2 Å². The number of aliphatic hydroxyl groups is 4. The van der Waals surface area contributed by atoms with E-state index in [9.17, 15) is 44.0 Å². The Labute approximate surface area is 376 Å². The zero-order valence-electron chi connectivity index (χ0n) is 37.7. The van der Waals surface area contributed by atoms with Gasteiger partial charge in [0, 0.05) is 12.8 Å². The third kappa shape index (κ3) is 30.7. The molecule has 1 saturated carbocycles. The zero-order chi connectivity index (χ0) is 46.8. The van der Waals surface area contributed by atoms with Crippen LogP contribution in [0.5, 0.6) is 0 Å². The number of aliphatic hydroxyl groups excluding tert-OH is 4. The Morgan fingerprint density at radius 2 is 0.921 bits per heavy atom. The summed E-state index contributed by atoms with van der Waals surface area (Å²) in [7, 11) is -10.7. The Balaban J connectivity index is 2.63. The third-order valence-electron chi connectivity index (χ3n) is 10.4. The van der Waals surface area contributed by atoms with E-state index in [0.29, 0.717) is 12.8 Å². The highest BCUT2D eigenvalue weighted by molar-refractivity contribution is 7.47. The topological polar surface area (TPSA) is 256 Å². The van der Waals surface area contributed by atoms with E-state index in [2.05, 4.69) is 67.0 Å². The molecule has 1 aliphatic rings. The molecule has 1 aliphatic carbocycles. The molecule has 0 aliphatic heterocycles. The number of hydrogen-bond acceptors (Lipinski definition) is 13. The summed E-state index contributed by atoms with van der Waals surface area (Å²) in [6, 6.07) is 0. The molecule has 1 rings (SSSR count). The molecule has 366 valence electrons. The fraction of sp³-hybridized carbons (Fsp3) is 0.778. The minimum Gasteiger partial charge on any atom is -0.462 e. The van der Waals surface area contributed by atoms with Crippen LogP contribution in [0.3, 0.4) is 0 Å². The lowest BCUT2D eigenvalue weighted by Gasteiger charge is -2.43. The van der Waals surface area contributed by atoms with Crippen molar-refractivity contribution < 1.29 is 76.9 Å². The second-order valence-electron chi connectivity index (χ2n) is 16.1. The van der Waals surface area contributed by atoms with Gasteiger partial charge in [-0.2, -0.15) is 0 Å². The lowest BCUT2D eigenvalue weighted by atomic mass is 9.85. The quantitative estimate of drug-likeness (QED) is 0.0132. The minimum absolute atomic E-state index is 0.0236. The van der Waals surface area contributed by atoms with Gasteiger partial charge in [-0.1, -0.05) is 127 Å². The van der Waals surface area contributed by atoms with E-state index in [1.807, 2.05) is 0 Å².